The van der Waals surface area contributed by atoms with Gasteiger partial charge in [0.25, 0.3) is 0 Å². The van der Waals surface area contributed by atoms with Gasteiger partial charge in [-0.05, 0) is 39.5 Å². The number of amides is 2. The fraction of sp³-hybridized carbons (Fsp3) is 0.875. The zero-order valence-electron chi connectivity index (χ0n) is 13.9. The first-order chi connectivity index (χ1) is 10.3. The molecule has 0 aromatic heterocycles. The molecule has 0 aromatic carbocycles. The van der Waals surface area contributed by atoms with Crippen LogP contribution >= 0.6 is 0 Å². The predicted octanol–water partition coefficient (Wildman–Crippen LogP) is 1.47. The lowest BCUT2D eigenvalue weighted by atomic mass is 9.98. The molecule has 1 N–H and O–H groups in total. The van der Waals surface area contributed by atoms with Gasteiger partial charge in [0.1, 0.15) is 5.60 Å². The second kappa shape index (κ2) is 6.86. The molecule has 6 heteroatoms. The summed E-state index contributed by atoms with van der Waals surface area (Å²) in [6.07, 6.45) is 2.14. The molecule has 2 amide bonds. The van der Waals surface area contributed by atoms with Crippen LogP contribution in [0.1, 0.15) is 40.0 Å². The number of piperidine rings is 1. The minimum atomic E-state index is -0.483. The summed E-state index contributed by atoms with van der Waals surface area (Å²) in [5.41, 5.74) is -0.483. The van der Waals surface area contributed by atoms with E-state index < -0.39 is 5.60 Å². The third kappa shape index (κ3) is 4.60. The smallest absolute Gasteiger partial charge is 0.410 e. The van der Waals surface area contributed by atoms with Crippen LogP contribution in [0.4, 0.5) is 4.79 Å². The lowest BCUT2D eigenvalue weighted by molar-refractivity contribution is -0.128. The van der Waals surface area contributed by atoms with Crippen LogP contribution < -0.4 is 0 Å². The molecule has 0 saturated carbocycles. The van der Waals surface area contributed by atoms with Gasteiger partial charge < -0.3 is 19.6 Å². The average Bonchev–Trinajstić information content (AvgIpc) is 2.78. The molecule has 0 spiro atoms. The van der Waals surface area contributed by atoms with Crippen LogP contribution in [0.3, 0.4) is 0 Å². The highest BCUT2D eigenvalue weighted by molar-refractivity contribution is 5.78. The van der Waals surface area contributed by atoms with Gasteiger partial charge in [0.15, 0.2) is 0 Å². The maximum atomic E-state index is 12.1. The number of aliphatic hydroxyl groups is 1. The molecule has 0 radical (unpaired) electrons. The lowest BCUT2D eigenvalue weighted by Gasteiger charge is -2.35. The van der Waals surface area contributed by atoms with E-state index in [9.17, 15) is 14.7 Å². The normalized spacial score (nSPS) is 26.5. The van der Waals surface area contributed by atoms with Gasteiger partial charge in [-0.1, -0.05) is 0 Å². The van der Waals surface area contributed by atoms with E-state index in [1.807, 2.05) is 25.7 Å². The number of rotatable bonds is 3. The summed E-state index contributed by atoms with van der Waals surface area (Å²) in [4.78, 5) is 27.7. The third-order valence-electron chi connectivity index (χ3n) is 4.20. The molecule has 0 aliphatic carbocycles. The third-order valence-corrected chi connectivity index (χ3v) is 4.20. The summed E-state index contributed by atoms with van der Waals surface area (Å²) in [6, 6.07) is 0. The maximum Gasteiger partial charge on any atom is 0.410 e. The number of aliphatic hydroxyl groups excluding tert-OH is 1. The Morgan fingerprint density at radius 2 is 2.05 bits per heavy atom. The fourth-order valence-electron chi connectivity index (χ4n) is 3.17. The molecule has 2 rings (SSSR count). The Morgan fingerprint density at radius 1 is 1.32 bits per heavy atom. The molecular formula is C16H28N2O4. The molecule has 2 saturated heterocycles. The van der Waals surface area contributed by atoms with Crippen LogP contribution in [-0.2, 0) is 9.53 Å². The van der Waals surface area contributed by atoms with E-state index in [-0.39, 0.29) is 24.5 Å². The highest BCUT2D eigenvalue weighted by Gasteiger charge is 2.33. The van der Waals surface area contributed by atoms with Crippen LogP contribution in [0.25, 0.3) is 0 Å². The Morgan fingerprint density at radius 3 is 2.64 bits per heavy atom. The van der Waals surface area contributed by atoms with Gasteiger partial charge in [-0.25, -0.2) is 4.79 Å². The highest BCUT2D eigenvalue weighted by atomic mass is 16.6. The summed E-state index contributed by atoms with van der Waals surface area (Å²) in [7, 11) is 0. The number of nitrogens with zero attached hydrogens (tertiary/aromatic N) is 2. The first-order valence-corrected chi connectivity index (χ1v) is 8.15. The van der Waals surface area contributed by atoms with Crippen molar-refractivity contribution in [1.29, 1.82) is 0 Å². The molecule has 0 aromatic rings. The molecule has 2 atom stereocenters. The van der Waals surface area contributed by atoms with E-state index in [4.69, 9.17) is 4.74 Å². The number of hydrogen-bond acceptors (Lipinski definition) is 4. The summed E-state index contributed by atoms with van der Waals surface area (Å²) < 4.78 is 5.42. The topological polar surface area (TPSA) is 70.1 Å². The molecule has 6 nitrogen and oxygen atoms in total. The molecule has 22 heavy (non-hydrogen) atoms. The Labute approximate surface area is 132 Å². The molecule has 0 bridgehead atoms. The van der Waals surface area contributed by atoms with Gasteiger partial charge in [0.2, 0.25) is 5.91 Å². The number of ether oxygens (including phenoxy) is 1. The predicted molar refractivity (Wildman–Crippen MR) is 82.3 cm³/mol. The van der Waals surface area contributed by atoms with Crippen molar-refractivity contribution in [2.45, 2.75) is 45.6 Å². The fourth-order valence-corrected chi connectivity index (χ4v) is 3.17. The number of carbonyl (C=O) groups is 2. The van der Waals surface area contributed by atoms with E-state index in [0.717, 1.165) is 19.4 Å². The van der Waals surface area contributed by atoms with Gasteiger partial charge in [-0.3, -0.25) is 4.79 Å². The minimum absolute atomic E-state index is 0.0664. The van der Waals surface area contributed by atoms with Crippen molar-refractivity contribution in [3.05, 3.63) is 0 Å². The molecule has 2 aliphatic heterocycles. The standard InChI is InChI=1S/C16H28N2O4/c1-16(2,3)22-15(21)17-6-4-5-12(8-17)9-18-10-13(11-19)7-14(18)20/h12-13,19H,4-11H2,1-3H3. The van der Waals surface area contributed by atoms with Crippen LogP contribution in [0.15, 0.2) is 0 Å². The SMILES string of the molecule is CC(C)(C)OC(=O)N1CCCC(CN2CC(CO)CC2=O)C1. The Balaban J connectivity index is 1.86. The van der Waals surface area contributed by atoms with Crippen molar-refractivity contribution >= 4 is 12.0 Å². The van der Waals surface area contributed by atoms with Crippen LogP contribution in [0.2, 0.25) is 0 Å². The second-order valence-electron chi connectivity index (χ2n) is 7.49. The van der Waals surface area contributed by atoms with E-state index in [1.165, 1.54) is 0 Å². The number of likely N-dealkylation sites (tertiary alicyclic amines) is 2. The zero-order chi connectivity index (χ0) is 16.3. The van der Waals surface area contributed by atoms with Crippen molar-refractivity contribution < 1.29 is 19.4 Å². The quantitative estimate of drug-likeness (QED) is 0.857. The maximum absolute atomic E-state index is 12.1. The van der Waals surface area contributed by atoms with E-state index in [0.29, 0.717) is 32.0 Å². The van der Waals surface area contributed by atoms with Crippen molar-refractivity contribution in [3.63, 3.8) is 0 Å². The molecule has 2 aliphatic rings. The van der Waals surface area contributed by atoms with Gasteiger partial charge in [0, 0.05) is 45.1 Å². The Kier molecular flexibility index (Phi) is 5.32. The second-order valence-corrected chi connectivity index (χ2v) is 7.49. The highest BCUT2D eigenvalue weighted by Crippen LogP contribution is 2.24. The Bertz CT molecular complexity index is 419. The molecule has 2 heterocycles. The number of carbonyl (C=O) groups excluding carboxylic acids is 2. The average molecular weight is 312 g/mol. The Hall–Kier alpha value is -1.30. The molecule has 126 valence electrons. The summed E-state index contributed by atoms with van der Waals surface area (Å²) in [6.45, 7) is 8.34. The summed E-state index contributed by atoms with van der Waals surface area (Å²) in [5.74, 6) is 0.481. The van der Waals surface area contributed by atoms with Gasteiger partial charge in [-0.15, -0.1) is 0 Å². The zero-order valence-corrected chi connectivity index (χ0v) is 13.9. The molecule has 2 fully saturated rings. The van der Waals surface area contributed by atoms with Gasteiger partial charge in [-0.2, -0.15) is 0 Å². The van der Waals surface area contributed by atoms with Gasteiger partial charge in [0.05, 0.1) is 0 Å². The van der Waals surface area contributed by atoms with Crippen LogP contribution in [0.5, 0.6) is 0 Å². The lowest BCUT2D eigenvalue weighted by Crippen LogP contribution is -2.45. The van der Waals surface area contributed by atoms with Gasteiger partial charge >= 0.3 is 6.09 Å². The molecular weight excluding hydrogens is 284 g/mol. The first kappa shape index (κ1) is 17.1. The minimum Gasteiger partial charge on any atom is -0.444 e. The number of hydrogen-bond donors (Lipinski definition) is 1. The largest absolute Gasteiger partial charge is 0.444 e. The monoisotopic (exact) mass is 312 g/mol. The van der Waals surface area contributed by atoms with E-state index in [2.05, 4.69) is 0 Å². The summed E-state index contributed by atoms with van der Waals surface area (Å²) in [5, 5.41) is 9.18. The van der Waals surface area contributed by atoms with Crippen molar-refractivity contribution in [1.82, 2.24) is 9.80 Å². The van der Waals surface area contributed by atoms with Crippen molar-refractivity contribution in [2.24, 2.45) is 11.8 Å². The van der Waals surface area contributed by atoms with E-state index >= 15 is 0 Å². The summed E-state index contributed by atoms with van der Waals surface area (Å²) >= 11 is 0. The van der Waals surface area contributed by atoms with Crippen LogP contribution in [0, 0.1) is 11.8 Å². The molecule has 2 unspecified atom stereocenters. The van der Waals surface area contributed by atoms with E-state index in [1.54, 1.807) is 4.90 Å². The van der Waals surface area contributed by atoms with Crippen molar-refractivity contribution in [2.75, 3.05) is 32.8 Å². The van der Waals surface area contributed by atoms with Crippen LogP contribution in [-0.4, -0.2) is 65.3 Å². The van der Waals surface area contributed by atoms with Crippen molar-refractivity contribution in [3.8, 4) is 0 Å². The first-order valence-electron chi connectivity index (χ1n) is 8.15.